The Balaban J connectivity index is 1.02. The second-order valence-corrected chi connectivity index (χ2v) is 14.7. The van der Waals surface area contributed by atoms with Crippen LogP contribution in [-0.4, -0.2) is 21.0 Å². The second kappa shape index (κ2) is 12.5. The fourth-order valence-electron chi connectivity index (χ4n) is 8.95. The molecular weight excluding hydrogens is 701 g/mol. The van der Waals surface area contributed by atoms with Crippen LogP contribution in [0.25, 0.3) is 84.3 Å². The van der Waals surface area contributed by atoms with Gasteiger partial charge in [-0.15, -0.1) is 0 Å². The molecule has 1 aliphatic carbocycles. The van der Waals surface area contributed by atoms with E-state index in [1.807, 2.05) is 60.7 Å². The van der Waals surface area contributed by atoms with Gasteiger partial charge in [-0.2, -0.15) is 0 Å². The third kappa shape index (κ3) is 5.00. The molecule has 2 unspecified atom stereocenters. The van der Waals surface area contributed by atoms with Crippen LogP contribution in [0.5, 0.6) is 0 Å². The number of aromatic nitrogens is 3. The summed E-state index contributed by atoms with van der Waals surface area (Å²) in [4.78, 5) is 17.9. The van der Waals surface area contributed by atoms with Gasteiger partial charge in [0, 0.05) is 55.7 Å². The lowest BCUT2D eigenvalue weighted by atomic mass is 9.81. The maximum Gasteiger partial charge on any atom is 0.164 e. The maximum absolute atomic E-state index is 6.70. The molecule has 6 heteroatoms. The van der Waals surface area contributed by atoms with Crippen molar-refractivity contribution in [2.75, 3.05) is 4.90 Å². The van der Waals surface area contributed by atoms with Crippen LogP contribution < -0.4 is 4.90 Å². The van der Waals surface area contributed by atoms with E-state index in [0.29, 0.717) is 17.5 Å². The first-order chi connectivity index (χ1) is 28.2. The first-order valence-electron chi connectivity index (χ1n) is 19.3. The van der Waals surface area contributed by atoms with Gasteiger partial charge in [-0.05, 0) is 65.2 Å². The third-order valence-electron chi connectivity index (χ3n) is 11.5. The van der Waals surface area contributed by atoms with E-state index < -0.39 is 0 Å². The average Bonchev–Trinajstić information content (AvgIpc) is 3.96. The molecule has 3 aromatic heterocycles. The zero-order valence-electron chi connectivity index (χ0n) is 30.6. The summed E-state index contributed by atoms with van der Waals surface area (Å²) in [5.74, 6) is 2.64. The molecule has 1 aliphatic heterocycles. The molecular formula is C51H32N4O2. The van der Waals surface area contributed by atoms with Gasteiger partial charge >= 0.3 is 0 Å². The summed E-state index contributed by atoms with van der Waals surface area (Å²) in [6, 6.07) is 58.9. The van der Waals surface area contributed by atoms with Gasteiger partial charge in [-0.3, -0.25) is 0 Å². The lowest BCUT2D eigenvalue weighted by Crippen LogP contribution is -2.30. The van der Waals surface area contributed by atoms with Gasteiger partial charge in [0.2, 0.25) is 0 Å². The zero-order chi connectivity index (χ0) is 37.5. The first kappa shape index (κ1) is 31.7. The Morgan fingerprint density at radius 3 is 1.96 bits per heavy atom. The van der Waals surface area contributed by atoms with Crippen molar-refractivity contribution in [1.82, 2.24) is 15.0 Å². The standard InChI is InChI=1S/C51H32N4O2/c1-3-12-31(13-4-1)32-22-25-35(26-23-32)55-40-19-9-7-17-38(40)46-41(55)28-29-44-48(46)47-39(18-11-21-43(47)57-44)51-53-49(33-14-5-2-6-15-33)52-50(54-51)34-24-27-37-36-16-8-10-20-42(36)56-45(37)30-34/h1-30,41,46H. The van der Waals surface area contributed by atoms with Gasteiger partial charge in [-0.25, -0.2) is 15.0 Å². The molecule has 57 heavy (non-hydrogen) atoms. The van der Waals surface area contributed by atoms with Gasteiger partial charge in [-0.1, -0.05) is 133 Å². The van der Waals surface area contributed by atoms with Crippen molar-refractivity contribution in [3.63, 3.8) is 0 Å². The van der Waals surface area contributed by atoms with Crippen LogP contribution >= 0.6 is 0 Å². The summed E-state index contributed by atoms with van der Waals surface area (Å²) in [6.45, 7) is 0. The first-order valence-corrected chi connectivity index (χ1v) is 19.3. The number of anilines is 2. The Morgan fingerprint density at radius 1 is 0.474 bits per heavy atom. The van der Waals surface area contributed by atoms with E-state index in [2.05, 4.69) is 126 Å². The molecule has 0 fully saturated rings. The lowest BCUT2D eigenvalue weighted by Gasteiger charge is -2.30. The molecule has 268 valence electrons. The number of hydrogen-bond acceptors (Lipinski definition) is 6. The maximum atomic E-state index is 6.70. The number of nitrogens with zero attached hydrogens (tertiary/aromatic N) is 4. The minimum Gasteiger partial charge on any atom is -0.456 e. The van der Waals surface area contributed by atoms with Gasteiger partial charge in [0.15, 0.2) is 17.5 Å². The Morgan fingerprint density at radius 2 is 1.12 bits per heavy atom. The molecule has 2 aliphatic rings. The van der Waals surface area contributed by atoms with Crippen LogP contribution in [0.1, 0.15) is 22.8 Å². The monoisotopic (exact) mass is 732 g/mol. The smallest absolute Gasteiger partial charge is 0.164 e. The fraction of sp³-hybridized carbons (Fsp3) is 0.0392. The molecule has 0 radical (unpaired) electrons. The number of para-hydroxylation sites is 2. The van der Waals surface area contributed by atoms with Crippen molar-refractivity contribution >= 4 is 50.4 Å². The highest BCUT2D eigenvalue weighted by atomic mass is 16.3. The molecule has 4 heterocycles. The third-order valence-corrected chi connectivity index (χ3v) is 11.5. The summed E-state index contributed by atoms with van der Waals surface area (Å²) < 4.78 is 13.0. The van der Waals surface area contributed by atoms with Crippen molar-refractivity contribution in [1.29, 1.82) is 0 Å². The highest BCUT2D eigenvalue weighted by molar-refractivity contribution is 6.06. The van der Waals surface area contributed by atoms with Gasteiger partial charge in [0.25, 0.3) is 0 Å². The van der Waals surface area contributed by atoms with Gasteiger partial charge in [0.05, 0.1) is 6.04 Å². The van der Waals surface area contributed by atoms with Crippen molar-refractivity contribution in [2.45, 2.75) is 12.0 Å². The van der Waals surface area contributed by atoms with E-state index in [0.717, 1.165) is 66.6 Å². The fourth-order valence-corrected chi connectivity index (χ4v) is 8.95. The van der Waals surface area contributed by atoms with Crippen LogP contribution in [0.3, 0.4) is 0 Å². The predicted molar refractivity (Wildman–Crippen MR) is 228 cm³/mol. The quantitative estimate of drug-likeness (QED) is 0.175. The van der Waals surface area contributed by atoms with E-state index in [4.69, 9.17) is 23.8 Å². The number of furan rings is 2. The minimum atomic E-state index is 0.0165. The Hall–Kier alpha value is -7.57. The van der Waals surface area contributed by atoms with E-state index in [-0.39, 0.29) is 12.0 Å². The minimum absolute atomic E-state index is 0.0165. The number of fused-ring (bicyclic) bond motifs is 10. The van der Waals surface area contributed by atoms with E-state index in [1.165, 1.54) is 22.4 Å². The predicted octanol–water partition coefficient (Wildman–Crippen LogP) is 12.9. The van der Waals surface area contributed by atoms with Gasteiger partial charge in [0.1, 0.15) is 22.5 Å². The van der Waals surface area contributed by atoms with Crippen molar-refractivity contribution in [3.05, 3.63) is 193 Å². The largest absolute Gasteiger partial charge is 0.456 e. The molecule has 0 bridgehead atoms. The summed E-state index contributed by atoms with van der Waals surface area (Å²) in [6.07, 6.45) is 4.44. The topological polar surface area (TPSA) is 68.2 Å². The molecule has 7 aromatic carbocycles. The lowest BCUT2D eigenvalue weighted by molar-refractivity contribution is 0.584. The number of rotatable bonds is 5. The molecule has 2 atom stereocenters. The Bertz CT molecular complexity index is 3200. The molecule has 12 rings (SSSR count). The Kier molecular flexibility index (Phi) is 6.95. The second-order valence-electron chi connectivity index (χ2n) is 14.7. The molecule has 0 N–H and O–H groups in total. The van der Waals surface area contributed by atoms with E-state index in [9.17, 15) is 0 Å². The van der Waals surface area contributed by atoms with Crippen LogP contribution in [0.4, 0.5) is 11.4 Å². The van der Waals surface area contributed by atoms with Crippen LogP contribution in [0, 0.1) is 0 Å². The molecule has 0 saturated heterocycles. The van der Waals surface area contributed by atoms with Crippen LogP contribution in [0.2, 0.25) is 0 Å². The molecule has 6 nitrogen and oxygen atoms in total. The highest BCUT2D eigenvalue weighted by Crippen LogP contribution is 2.54. The zero-order valence-corrected chi connectivity index (χ0v) is 30.6. The molecule has 0 amide bonds. The van der Waals surface area contributed by atoms with Crippen LogP contribution in [0.15, 0.2) is 185 Å². The van der Waals surface area contributed by atoms with E-state index >= 15 is 0 Å². The van der Waals surface area contributed by atoms with Crippen LogP contribution in [-0.2, 0) is 0 Å². The molecule has 0 spiro atoms. The van der Waals surface area contributed by atoms with Crippen molar-refractivity contribution < 1.29 is 8.83 Å². The molecule has 0 saturated carbocycles. The Labute approximate surface area is 328 Å². The highest BCUT2D eigenvalue weighted by Gasteiger charge is 2.43. The molecule has 10 aromatic rings. The number of benzene rings is 7. The van der Waals surface area contributed by atoms with Crippen molar-refractivity contribution in [3.8, 4) is 45.3 Å². The van der Waals surface area contributed by atoms with Crippen molar-refractivity contribution in [2.24, 2.45) is 0 Å². The summed E-state index contributed by atoms with van der Waals surface area (Å²) in [5, 5.41) is 3.16. The summed E-state index contributed by atoms with van der Waals surface area (Å²) in [7, 11) is 0. The normalized spacial score (nSPS) is 15.6. The number of hydrogen-bond donors (Lipinski definition) is 0. The summed E-state index contributed by atoms with van der Waals surface area (Å²) >= 11 is 0. The average molecular weight is 733 g/mol. The SMILES string of the molecule is C1=CC2C(c3ccccc3N2c2ccc(-c3ccccc3)cc2)c2c1oc1cccc(-c3nc(-c4ccccc4)nc(-c4ccc5c(c4)oc4ccccc45)n3)c21. The van der Waals surface area contributed by atoms with E-state index in [1.54, 1.807) is 0 Å². The summed E-state index contributed by atoms with van der Waals surface area (Å²) in [5.41, 5.74) is 12.3. The van der Waals surface area contributed by atoms with Gasteiger partial charge < -0.3 is 13.7 Å².